The molecule has 0 aromatic carbocycles. The van der Waals surface area contributed by atoms with Gasteiger partial charge in [-0.15, -0.1) is 4.91 Å². The van der Waals surface area contributed by atoms with E-state index in [1.54, 1.807) is 0 Å². The summed E-state index contributed by atoms with van der Waals surface area (Å²) in [5.41, 5.74) is 0. The van der Waals surface area contributed by atoms with Crippen molar-refractivity contribution >= 4 is 5.97 Å². The lowest BCUT2D eigenvalue weighted by Crippen LogP contribution is -2.02. The first-order valence-corrected chi connectivity index (χ1v) is 5.89. The summed E-state index contributed by atoms with van der Waals surface area (Å²) in [4.78, 5) is 23.6. The van der Waals surface area contributed by atoms with Crippen molar-refractivity contribution in [3.8, 4) is 0 Å². The summed E-state index contributed by atoms with van der Waals surface area (Å²) in [6.07, 6.45) is 5.63. The van der Waals surface area contributed by atoms with Gasteiger partial charge >= 0.3 is 5.97 Å². The molecule has 0 fully saturated rings. The van der Waals surface area contributed by atoms with Crippen LogP contribution in [-0.2, 0) is 9.63 Å². The number of aliphatic carboxylic acids is 1. The molecule has 0 saturated carbocycles. The van der Waals surface area contributed by atoms with Crippen molar-refractivity contribution in [2.24, 2.45) is 5.34 Å². The van der Waals surface area contributed by atoms with Crippen LogP contribution in [0.3, 0.4) is 0 Å². The smallest absolute Gasteiger partial charge is 0.305 e. The number of aliphatic hydroxyl groups excluding tert-OH is 1. The van der Waals surface area contributed by atoms with Crippen molar-refractivity contribution < 1.29 is 19.8 Å². The number of carbonyl (C=O) groups is 1. The van der Waals surface area contributed by atoms with Gasteiger partial charge in [-0.1, -0.05) is 26.2 Å². The maximum atomic E-state index is 9.63. The Labute approximate surface area is 102 Å². The number of hydrogen-bond acceptors (Lipinski definition) is 5. The summed E-state index contributed by atoms with van der Waals surface area (Å²) < 4.78 is 0. The lowest BCUT2D eigenvalue weighted by molar-refractivity contribution is -0.137. The minimum atomic E-state index is -0.961. The van der Waals surface area contributed by atoms with Gasteiger partial charge in [0.1, 0.15) is 6.10 Å². The van der Waals surface area contributed by atoms with E-state index in [2.05, 4.69) is 17.1 Å². The van der Waals surface area contributed by atoms with Gasteiger partial charge in [-0.25, -0.2) is 0 Å². The molecule has 0 aromatic rings. The van der Waals surface area contributed by atoms with E-state index < -0.39 is 5.97 Å². The van der Waals surface area contributed by atoms with Gasteiger partial charge in [0.05, 0.1) is 13.0 Å². The van der Waals surface area contributed by atoms with Crippen molar-refractivity contribution in [3.05, 3.63) is 4.91 Å². The highest BCUT2D eigenvalue weighted by atomic mass is 16.7. The second kappa shape index (κ2) is 14.8. The summed E-state index contributed by atoms with van der Waals surface area (Å²) in [6.45, 7) is 3.77. The molecule has 0 aliphatic rings. The van der Waals surface area contributed by atoms with Crippen LogP contribution >= 0.6 is 0 Å². The Hall–Kier alpha value is -1.17. The van der Waals surface area contributed by atoms with E-state index in [1.165, 1.54) is 19.3 Å². The minimum absolute atomic E-state index is 0.00986. The Morgan fingerprint density at radius 2 is 2.00 bits per heavy atom. The molecule has 1 atom stereocenters. The third-order valence-corrected chi connectivity index (χ3v) is 2.01. The van der Waals surface area contributed by atoms with Crippen LogP contribution in [0.5, 0.6) is 0 Å². The van der Waals surface area contributed by atoms with Gasteiger partial charge in [-0.05, 0) is 19.8 Å². The maximum Gasteiger partial charge on any atom is 0.305 e. The Balaban J connectivity index is 0. The number of hydrogen-bond donors (Lipinski definition) is 2. The Morgan fingerprint density at radius 1 is 1.35 bits per heavy atom. The Bertz CT molecular complexity index is 187. The molecule has 0 radical (unpaired) electrons. The lowest BCUT2D eigenvalue weighted by atomic mass is 10.1. The van der Waals surface area contributed by atoms with Gasteiger partial charge < -0.3 is 15.1 Å². The van der Waals surface area contributed by atoms with E-state index in [-0.39, 0.29) is 19.1 Å². The van der Waals surface area contributed by atoms with Crippen LogP contribution < -0.4 is 0 Å². The quantitative estimate of drug-likeness (QED) is 0.372. The molecule has 0 aliphatic heterocycles. The average Bonchev–Trinajstić information content (AvgIpc) is 2.25. The predicted octanol–water partition coefficient (Wildman–Crippen LogP) is 2.50. The summed E-state index contributed by atoms with van der Waals surface area (Å²) >= 11 is 0. The molecular weight excluding hydrogens is 226 g/mol. The first-order chi connectivity index (χ1) is 8.08. The van der Waals surface area contributed by atoms with Crippen LogP contribution in [0, 0.1) is 4.91 Å². The van der Waals surface area contributed by atoms with Crippen molar-refractivity contribution in [3.63, 3.8) is 0 Å². The molecule has 6 heteroatoms. The number of unbranched alkanes of at least 4 members (excludes halogenated alkanes) is 3. The molecule has 0 aromatic heterocycles. The highest BCUT2D eigenvalue weighted by Gasteiger charge is 2.00. The van der Waals surface area contributed by atoms with Crippen LogP contribution in [0.25, 0.3) is 0 Å². The molecule has 0 aliphatic carbocycles. The second-order valence-corrected chi connectivity index (χ2v) is 3.71. The van der Waals surface area contributed by atoms with E-state index in [0.29, 0.717) is 0 Å². The maximum absolute atomic E-state index is 9.63. The Kier molecular flexibility index (Phi) is 15.9. The molecule has 6 nitrogen and oxygen atoms in total. The summed E-state index contributed by atoms with van der Waals surface area (Å²) in [5.74, 6) is -0.961. The second-order valence-electron chi connectivity index (χ2n) is 3.71. The van der Waals surface area contributed by atoms with Crippen LogP contribution in [0.15, 0.2) is 5.34 Å². The number of aliphatic hydroxyl groups is 1. The average molecular weight is 249 g/mol. The van der Waals surface area contributed by atoms with Crippen LogP contribution in [0.2, 0.25) is 0 Å². The topological polar surface area (TPSA) is 96.2 Å². The zero-order valence-electron chi connectivity index (χ0n) is 10.6. The van der Waals surface area contributed by atoms with Crippen molar-refractivity contribution in [1.29, 1.82) is 0 Å². The van der Waals surface area contributed by atoms with E-state index in [9.17, 15) is 9.70 Å². The van der Waals surface area contributed by atoms with Crippen LogP contribution in [-0.4, -0.2) is 28.9 Å². The fraction of sp³-hybridized carbons (Fsp3) is 0.909. The summed E-state index contributed by atoms with van der Waals surface area (Å²) in [5, 5.41) is 18.0. The van der Waals surface area contributed by atoms with Crippen LogP contribution in [0.1, 0.15) is 52.4 Å². The van der Waals surface area contributed by atoms with Gasteiger partial charge in [0, 0.05) is 0 Å². The SMILES string of the molecule is CCCCCCC(C)ON=O.O=C(O)CCO. The molecule has 17 heavy (non-hydrogen) atoms. The number of carboxylic acids is 1. The number of rotatable bonds is 9. The van der Waals surface area contributed by atoms with Gasteiger partial charge in [-0.3, -0.25) is 4.79 Å². The predicted molar refractivity (Wildman–Crippen MR) is 64.4 cm³/mol. The molecule has 1 unspecified atom stereocenters. The van der Waals surface area contributed by atoms with E-state index in [4.69, 9.17) is 10.2 Å². The zero-order valence-corrected chi connectivity index (χ0v) is 10.6. The van der Waals surface area contributed by atoms with Gasteiger partial charge in [0.25, 0.3) is 0 Å². The molecule has 0 rings (SSSR count). The van der Waals surface area contributed by atoms with Crippen molar-refractivity contribution in [1.82, 2.24) is 0 Å². The molecule has 2 N–H and O–H groups in total. The third kappa shape index (κ3) is 20.8. The summed E-state index contributed by atoms with van der Waals surface area (Å²) in [6, 6.07) is 0. The minimum Gasteiger partial charge on any atom is -0.481 e. The highest BCUT2D eigenvalue weighted by Crippen LogP contribution is 2.07. The fourth-order valence-electron chi connectivity index (χ4n) is 1.08. The molecule has 0 saturated heterocycles. The van der Waals surface area contributed by atoms with Gasteiger partial charge in [0.15, 0.2) is 5.34 Å². The van der Waals surface area contributed by atoms with Crippen molar-refractivity contribution in [2.45, 2.75) is 58.5 Å². The molecule has 0 heterocycles. The molecule has 0 spiro atoms. The van der Waals surface area contributed by atoms with E-state index in [1.807, 2.05) is 6.92 Å². The largest absolute Gasteiger partial charge is 0.481 e. The summed E-state index contributed by atoms with van der Waals surface area (Å²) in [7, 11) is 0. The first-order valence-electron chi connectivity index (χ1n) is 5.89. The highest BCUT2D eigenvalue weighted by molar-refractivity contribution is 5.66. The first kappa shape index (κ1) is 18.2. The molecule has 102 valence electrons. The van der Waals surface area contributed by atoms with Crippen LogP contribution in [0.4, 0.5) is 0 Å². The van der Waals surface area contributed by atoms with E-state index in [0.717, 1.165) is 12.8 Å². The van der Waals surface area contributed by atoms with E-state index >= 15 is 0 Å². The van der Waals surface area contributed by atoms with Gasteiger partial charge in [0.2, 0.25) is 0 Å². The lowest BCUT2D eigenvalue weighted by Gasteiger charge is -2.05. The standard InChI is InChI=1S/C8H17NO2.C3H6O3/c1-3-4-5-6-7-8(2)11-9-10;4-2-1-3(5)6/h8H,3-7H2,1-2H3;4H,1-2H2,(H,5,6). The molecule has 0 bridgehead atoms. The fourth-order valence-corrected chi connectivity index (χ4v) is 1.08. The molecule has 0 amide bonds. The molecular formula is C11H23NO5. The van der Waals surface area contributed by atoms with Crippen molar-refractivity contribution in [2.75, 3.05) is 6.61 Å². The zero-order chi connectivity index (χ0) is 13.5. The normalized spacial score (nSPS) is 11.0. The monoisotopic (exact) mass is 249 g/mol. The number of carboxylic acid groups (broad SMARTS) is 1. The van der Waals surface area contributed by atoms with Gasteiger partial charge in [-0.2, -0.15) is 0 Å². The Morgan fingerprint density at radius 3 is 2.35 bits per heavy atom. The number of nitrogens with zero attached hydrogens (tertiary/aromatic N) is 1. The third-order valence-electron chi connectivity index (χ3n) is 2.01.